The molecule has 0 saturated heterocycles. The van der Waals surface area contributed by atoms with E-state index in [2.05, 4.69) is 25.9 Å². The van der Waals surface area contributed by atoms with Crippen LogP contribution in [0.3, 0.4) is 0 Å². The Balaban J connectivity index is 2.55. The van der Waals surface area contributed by atoms with Crippen LogP contribution < -0.4 is 5.56 Å². The summed E-state index contributed by atoms with van der Waals surface area (Å²) < 4.78 is 0.381. The second kappa shape index (κ2) is 3.86. The molecule has 0 aliphatic heterocycles. The van der Waals surface area contributed by atoms with Crippen molar-refractivity contribution in [1.82, 2.24) is 9.97 Å². The fourth-order valence-electron chi connectivity index (χ4n) is 1.18. The summed E-state index contributed by atoms with van der Waals surface area (Å²) in [6.45, 7) is 0. The molecule has 0 amide bonds. The third-order valence-corrected chi connectivity index (χ3v) is 2.44. The molecule has 5 heteroatoms. The minimum atomic E-state index is -0.247. The minimum absolute atomic E-state index is 0.137. The maximum Gasteiger partial charge on any atom is 0.265 e. The Labute approximate surface area is 93.8 Å². The van der Waals surface area contributed by atoms with Crippen LogP contribution in [-0.4, -0.2) is 15.1 Å². The van der Waals surface area contributed by atoms with E-state index < -0.39 is 0 Å². The van der Waals surface area contributed by atoms with Crippen molar-refractivity contribution in [1.29, 1.82) is 0 Å². The predicted molar refractivity (Wildman–Crippen MR) is 59.7 cm³/mol. The number of phenolic OH excluding ortho intramolecular Hbond substituents is 1. The maximum absolute atomic E-state index is 11.3. The highest BCUT2D eigenvalue weighted by molar-refractivity contribution is 9.10. The minimum Gasteiger partial charge on any atom is -0.508 e. The van der Waals surface area contributed by atoms with Crippen molar-refractivity contribution >= 4 is 15.9 Å². The van der Waals surface area contributed by atoms with Crippen molar-refractivity contribution in [2.45, 2.75) is 0 Å². The lowest BCUT2D eigenvalue weighted by Gasteiger charge is -2.00. The van der Waals surface area contributed by atoms with Crippen molar-refractivity contribution in [2.24, 2.45) is 0 Å². The molecular weight excluding hydrogens is 260 g/mol. The first-order chi connectivity index (χ1) is 7.16. The predicted octanol–water partition coefficient (Wildman–Crippen LogP) is 1.90. The summed E-state index contributed by atoms with van der Waals surface area (Å²) in [7, 11) is 0. The average Bonchev–Trinajstić information content (AvgIpc) is 2.22. The van der Waals surface area contributed by atoms with Crippen LogP contribution in [0.15, 0.2) is 39.7 Å². The molecule has 2 aromatic rings. The summed E-state index contributed by atoms with van der Waals surface area (Å²) >= 11 is 3.06. The Morgan fingerprint density at radius 1 is 1.40 bits per heavy atom. The summed E-state index contributed by atoms with van der Waals surface area (Å²) in [5.41, 5.74) is 0.419. The van der Waals surface area contributed by atoms with Crippen LogP contribution in [0.25, 0.3) is 11.4 Å². The summed E-state index contributed by atoms with van der Waals surface area (Å²) in [5, 5.41) is 9.27. The topological polar surface area (TPSA) is 66.0 Å². The van der Waals surface area contributed by atoms with Gasteiger partial charge in [0.2, 0.25) is 0 Å². The van der Waals surface area contributed by atoms with Crippen LogP contribution in [0.5, 0.6) is 5.75 Å². The number of hydrogen-bond donors (Lipinski definition) is 2. The molecule has 0 fully saturated rings. The fourth-order valence-corrected chi connectivity index (χ4v) is 1.38. The van der Waals surface area contributed by atoms with Gasteiger partial charge in [-0.1, -0.05) is 12.1 Å². The number of aromatic hydroxyl groups is 1. The highest BCUT2D eigenvalue weighted by Gasteiger charge is 2.02. The van der Waals surface area contributed by atoms with Crippen molar-refractivity contribution < 1.29 is 5.11 Å². The van der Waals surface area contributed by atoms with Crippen molar-refractivity contribution in [3.8, 4) is 17.1 Å². The molecule has 0 atom stereocenters. The largest absolute Gasteiger partial charge is 0.508 e. The van der Waals surface area contributed by atoms with Gasteiger partial charge in [-0.3, -0.25) is 4.79 Å². The first-order valence-electron chi connectivity index (χ1n) is 4.21. The van der Waals surface area contributed by atoms with Gasteiger partial charge < -0.3 is 10.1 Å². The molecule has 0 bridgehead atoms. The van der Waals surface area contributed by atoms with Gasteiger partial charge >= 0.3 is 0 Å². The van der Waals surface area contributed by atoms with E-state index >= 15 is 0 Å². The molecular formula is C10H7BrN2O2. The van der Waals surface area contributed by atoms with E-state index in [-0.39, 0.29) is 11.3 Å². The van der Waals surface area contributed by atoms with Gasteiger partial charge in [0, 0.05) is 11.8 Å². The van der Waals surface area contributed by atoms with E-state index in [4.69, 9.17) is 0 Å². The maximum atomic E-state index is 11.3. The number of nitrogens with one attached hydrogen (secondary N) is 1. The van der Waals surface area contributed by atoms with Crippen LogP contribution in [0.4, 0.5) is 0 Å². The van der Waals surface area contributed by atoms with Crippen LogP contribution in [0, 0.1) is 0 Å². The molecule has 15 heavy (non-hydrogen) atoms. The summed E-state index contributed by atoms with van der Waals surface area (Å²) in [6, 6.07) is 6.53. The van der Waals surface area contributed by atoms with Gasteiger partial charge in [0.15, 0.2) is 0 Å². The van der Waals surface area contributed by atoms with Gasteiger partial charge in [0.05, 0.1) is 0 Å². The fraction of sp³-hybridized carbons (Fsp3) is 0. The number of aromatic nitrogens is 2. The summed E-state index contributed by atoms with van der Waals surface area (Å²) in [6.07, 6.45) is 1.43. The zero-order valence-corrected chi connectivity index (χ0v) is 9.15. The Hall–Kier alpha value is -1.62. The molecule has 0 spiro atoms. The lowest BCUT2D eigenvalue weighted by molar-refractivity contribution is 0.475. The third-order valence-electron chi connectivity index (χ3n) is 1.88. The molecule has 0 unspecified atom stereocenters. The van der Waals surface area contributed by atoms with Gasteiger partial charge in [-0.05, 0) is 28.1 Å². The third kappa shape index (κ3) is 2.07. The van der Waals surface area contributed by atoms with E-state index in [1.165, 1.54) is 12.3 Å². The van der Waals surface area contributed by atoms with Crippen molar-refractivity contribution in [3.63, 3.8) is 0 Å². The number of rotatable bonds is 1. The van der Waals surface area contributed by atoms with E-state index in [1.807, 2.05) is 0 Å². The second-order valence-corrected chi connectivity index (χ2v) is 3.81. The van der Waals surface area contributed by atoms with Crippen molar-refractivity contribution in [3.05, 3.63) is 45.3 Å². The van der Waals surface area contributed by atoms with Gasteiger partial charge in [-0.25, -0.2) is 4.98 Å². The molecule has 0 aliphatic rings. The number of phenols is 1. The quantitative estimate of drug-likeness (QED) is 0.829. The van der Waals surface area contributed by atoms with Gasteiger partial charge in [0.1, 0.15) is 16.0 Å². The number of hydrogen-bond acceptors (Lipinski definition) is 3. The second-order valence-electron chi connectivity index (χ2n) is 2.96. The standard InChI is InChI=1S/C10H7BrN2O2/c11-8-5-12-9(13-10(8)15)6-2-1-3-7(14)4-6/h1-5,14H,(H,12,13,15). The highest BCUT2D eigenvalue weighted by Crippen LogP contribution is 2.18. The molecule has 2 N–H and O–H groups in total. The van der Waals surface area contributed by atoms with Crippen LogP contribution in [0.2, 0.25) is 0 Å². The van der Waals surface area contributed by atoms with E-state index in [9.17, 15) is 9.90 Å². The van der Waals surface area contributed by atoms with Crippen molar-refractivity contribution in [2.75, 3.05) is 0 Å². The zero-order valence-electron chi connectivity index (χ0n) is 7.57. The van der Waals surface area contributed by atoms with Crippen LogP contribution in [-0.2, 0) is 0 Å². The summed E-state index contributed by atoms with van der Waals surface area (Å²) in [5.74, 6) is 0.567. The molecule has 2 rings (SSSR count). The Bertz CT molecular complexity index is 551. The number of H-pyrrole nitrogens is 1. The highest BCUT2D eigenvalue weighted by atomic mass is 79.9. The van der Waals surface area contributed by atoms with Crippen LogP contribution in [0.1, 0.15) is 0 Å². The first kappa shape index (κ1) is 9.92. The Kier molecular flexibility index (Phi) is 2.55. The number of aromatic amines is 1. The number of benzene rings is 1. The lowest BCUT2D eigenvalue weighted by atomic mass is 10.2. The molecule has 4 nitrogen and oxygen atoms in total. The van der Waals surface area contributed by atoms with E-state index in [1.54, 1.807) is 18.2 Å². The molecule has 1 aromatic carbocycles. The molecule has 76 valence electrons. The monoisotopic (exact) mass is 266 g/mol. The molecule has 1 aromatic heterocycles. The smallest absolute Gasteiger partial charge is 0.265 e. The number of halogens is 1. The van der Waals surface area contributed by atoms with Gasteiger partial charge in [-0.15, -0.1) is 0 Å². The Morgan fingerprint density at radius 2 is 2.20 bits per heavy atom. The van der Waals surface area contributed by atoms with Gasteiger partial charge in [-0.2, -0.15) is 0 Å². The first-order valence-corrected chi connectivity index (χ1v) is 5.00. The van der Waals surface area contributed by atoms with E-state index in [0.717, 1.165) is 0 Å². The Morgan fingerprint density at radius 3 is 2.87 bits per heavy atom. The van der Waals surface area contributed by atoms with E-state index in [0.29, 0.717) is 15.9 Å². The average molecular weight is 267 g/mol. The summed E-state index contributed by atoms with van der Waals surface area (Å²) in [4.78, 5) is 17.9. The molecule has 0 aliphatic carbocycles. The zero-order chi connectivity index (χ0) is 10.8. The number of nitrogens with zero attached hydrogens (tertiary/aromatic N) is 1. The molecule has 1 heterocycles. The van der Waals surface area contributed by atoms with Gasteiger partial charge in [0.25, 0.3) is 5.56 Å². The lowest BCUT2D eigenvalue weighted by Crippen LogP contribution is -2.08. The van der Waals surface area contributed by atoms with Crippen LogP contribution >= 0.6 is 15.9 Å². The normalized spacial score (nSPS) is 10.2. The molecule has 0 saturated carbocycles. The molecule has 0 radical (unpaired) electrons. The SMILES string of the molecule is O=c1[nH]c(-c2cccc(O)c2)ncc1Br.